The van der Waals surface area contributed by atoms with Gasteiger partial charge in [-0.15, -0.1) is 0 Å². The average Bonchev–Trinajstić information content (AvgIpc) is 3.25. The van der Waals surface area contributed by atoms with E-state index in [-0.39, 0.29) is 12.1 Å². The van der Waals surface area contributed by atoms with Crippen molar-refractivity contribution in [1.82, 2.24) is 10.2 Å². The molecule has 2 atom stereocenters. The van der Waals surface area contributed by atoms with Crippen molar-refractivity contribution < 1.29 is 5.11 Å². The second-order valence-electron chi connectivity index (χ2n) is 6.20. The highest BCUT2D eigenvalue weighted by Gasteiger charge is 2.34. The summed E-state index contributed by atoms with van der Waals surface area (Å²) in [7, 11) is 0. The van der Waals surface area contributed by atoms with E-state index in [2.05, 4.69) is 37.9 Å². The predicted molar refractivity (Wildman–Crippen MR) is 82.5 cm³/mol. The normalized spacial score (nSPS) is 20.5. The maximum Gasteiger partial charge on any atom is 0.0613 e. The summed E-state index contributed by atoms with van der Waals surface area (Å²) in [4.78, 5) is 2.55. The molecule has 2 unspecified atom stereocenters. The standard InChI is InChI=1S/C16H34N2O/c1-5-14(4)18(7-3)12-8-11-16(6-2,13-19)17-15-9-10-15/h14-15,17,19H,5-13H2,1-4H3. The van der Waals surface area contributed by atoms with Crippen LogP contribution in [-0.4, -0.2) is 47.3 Å². The van der Waals surface area contributed by atoms with Gasteiger partial charge in [0, 0.05) is 17.6 Å². The Hall–Kier alpha value is -0.120. The monoisotopic (exact) mass is 270 g/mol. The van der Waals surface area contributed by atoms with E-state index in [9.17, 15) is 5.11 Å². The molecule has 114 valence electrons. The van der Waals surface area contributed by atoms with Crippen molar-refractivity contribution in [1.29, 1.82) is 0 Å². The van der Waals surface area contributed by atoms with Crippen LogP contribution in [0, 0.1) is 0 Å². The highest BCUT2D eigenvalue weighted by atomic mass is 16.3. The van der Waals surface area contributed by atoms with Crippen LogP contribution in [0.1, 0.15) is 66.2 Å². The quantitative estimate of drug-likeness (QED) is 0.606. The molecule has 3 nitrogen and oxygen atoms in total. The minimum absolute atomic E-state index is 0.0317. The SMILES string of the molecule is CCC(C)N(CC)CCCC(CC)(CO)NC1CC1. The molecule has 1 rings (SSSR count). The lowest BCUT2D eigenvalue weighted by atomic mass is 9.90. The van der Waals surface area contributed by atoms with Crippen molar-refractivity contribution in [3.8, 4) is 0 Å². The fourth-order valence-corrected chi connectivity index (χ4v) is 2.82. The van der Waals surface area contributed by atoms with Gasteiger partial charge in [0.05, 0.1) is 6.61 Å². The van der Waals surface area contributed by atoms with Crippen LogP contribution in [0.15, 0.2) is 0 Å². The number of nitrogens with zero attached hydrogens (tertiary/aromatic N) is 1. The fourth-order valence-electron chi connectivity index (χ4n) is 2.82. The third-order valence-electron chi connectivity index (χ3n) is 4.79. The molecule has 0 aliphatic heterocycles. The number of aliphatic hydroxyl groups is 1. The molecule has 0 heterocycles. The molecule has 0 saturated heterocycles. The molecule has 0 spiro atoms. The topological polar surface area (TPSA) is 35.5 Å². The zero-order valence-corrected chi connectivity index (χ0v) is 13.4. The first-order chi connectivity index (χ1) is 9.10. The van der Waals surface area contributed by atoms with Crippen LogP contribution in [0.25, 0.3) is 0 Å². The van der Waals surface area contributed by atoms with Gasteiger partial charge >= 0.3 is 0 Å². The van der Waals surface area contributed by atoms with Crippen LogP contribution in [0.5, 0.6) is 0 Å². The Kier molecular flexibility index (Phi) is 7.33. The van der Waals surface area contributed by atoms with Gasteiger partial charge in [-0.3, -0.25) is 0 Å². The van der Waals surface area contributed by atoms with E-state index in [4.69, 9.17) is 0 Å². The van der Waals surface area contributed by atoms with E-state index in [1.54, 1.807) is 0 Å². The molecule has 1 aliphatic carbocycles. The van der Waals surface area contributed by atoms with Crippen LogP contribution in [0.2, 0.25) is 0 Å². The number of nitrogens with one attached hydrogen (secondary N) is 1. The molecule has 0 radical (unpaired) electrons. The van der Waals surface area contributed by atoms with Crippen molar-refractivity contribution in [2.75, 3.05) is 19.7 Å². The molecule has 0 aromatic carbocycles. The van der Waals surface area contributed by atoms with E-state index >= 15 is 0 Å². The molecule has 2 N–H and O–H groups in total. The van der Waals surface area contributed by atoms with Crippen LogP contribution >= 0.6 is 0 Å². The molecule has 0 aromatic heterocycles. The largest absolute Gasteiger partial charge is 0.394 e. The summed E-state index contributed by atoms with van der Waals surface area (Å²) in [6, 6.07) is 1.34. The Morgan fingerprint density at radius 3 is 2.42 bits per heavy atom. The van der Waals surface area contributed by atoms with E-state index < -0.39 is 0 Å². The Morgan fingerprint density at radius 2 is 2.00 bits per heavy atom. The summed E-state index contributed by atoms with van der Waals surface area (Å²) < 4.78 is 0. The van der Waals surface area contributed by atoms with Gasteiger partial charge in [-0.2, -0.15) is 0 Å². The summed E-state index contributed by atoms with van der Waals surface area (Å²) >= 11 is 0. The highest BCUT2D eigenvalue weighted by Crippen LogP contribution is 2.27. The lowest BCUT2D eigenvalue weighted by molar-refractivity contribution is 0.131. The smallest absolute Gasteiger partial charge is 0.0613 e. The Morgan fingerprint density at radius 1 is 1.32 bits per heavy atom. The van der Waals surface area contributed by atoms with Crippen molar-refractivity contribution in [3.05, 3.63) is 0 Å². The third-order valence-corrected chi connectivity index (χ3v) is 4.79. The summed E-state index contributed by atoms with van der Waals surface area (Å²) in [6.45, 7) is 11.6. The molecular weight excluding hydrogens is 236 g/mol. The van der Waals surface area contributed by atoms with Gasteiger partial charge in [-0.05, 0) is 58.5 Å². The van der Waals surface area contributed by atoms with Crippen LogP contribution in [-0.2, 0) is 0 Å². The first-order valence-electron chi connectivity index (χ1n) is 8.23. The van der Waals surface area contributed by atoms with E-state index in [1.165, 1.54) is 25.7 Å². The molecule has 0 bridgehead atoms. The second-order valence-corrected chi connectivity index (χ2v) is 6.20. The van der Waals surface area contributed by atoms with Crippen molar-refractivity contribution in [3.63, 3.8) is 0 Å². The number of aliphatic hydroxyl groups excluding tert-OH is 1. The van der Waals surface area contributed by atoms with E-state index in [0.29, 0.717) is 12.1 Å². The maximum absolute atomic E-state index is 9.75. The maximum atomic E-state index is 9.75. The zero-order valence-electron chi connectivity index (χ0n) is 13.4. The van der Waals surface area contributed by atoms with Gasteiger partial charge < -0.3 is 15.3 Å². The molecule has 1 fully saturated rings. The predicted octanol–water partition coefficient (Wildman–Crippen LogP) is 2.78. The molecule has 1 aliphatic rings. The molecular formula is C16H34N2O. The van der Waals surface area contributed by atoms with Crippen LogP contribution < -0.4 is 5.32 Å². The minimum Gasteiger partial charge on any atom is -0.394 e. The van der Waals surface area contributed by atoms with Gasteiger partial charge in [0.15, 0.2) is 0 Å². The summed E-state index contributed by atoms with van der Waals surface area (Å²) in [5.74, 6) is 0. The van der Waals surface area contributed by atoms with Gasteiger partial charge in [-0.1, -0.05) is 20.8 Å². The Bertz CT molecular complexity index is 237. The lowest BCUT2D eigenvalue weighted by Crippen LogP contribution is -2.49. The summed E-state index contributed by atoms with van der Waals surface area (Å²) in [6.07, 6.45) is 7.07. The summed E-state index contributed by atoms with van der Waals surface area (Å²) in [5, 5.41) is 13.4. The van der Waals surface area contributed by atoms with Crippen LogP contribution in [0.3, 0.4) is 0 Å². The van der Waals surface area contributed by atoms with E-state index in [1.807, 2.05) is 0 Å². The first kappa shape index (κ1) is 16.9. The highest BCUT2D eigenvalue weighted by molar-refractivity contribution is 4.94. The Labute approximate surface area is 119 Å². The van der Waals surface area contributed by atoms with Crippen molar-refractivity contribution in [2.24, 2.45) is 0 Å². The third kappa shape index (κ3) is 5.41. The number of rotatable bonds is 11. The number of hydrogen-bond donors (Lipinski definition) is 2. The minimum atomic E-state index is -0.0317. The Balaban J connectivity index is 2.37. The fraction of sp³-hybridized carbons (Fsp3) is 1.00. The number of hydrogen-bond acceptors (Lipinski definition) is 3. The van der Waals surface area contributed by atoms with Gasteiger partial charge in [0.25, 0.3) is 0 Å². The molecule has 19 heavy (non-hydrogen) atoms. The van der Waals surface area contributed by atoms with Gasteiger partial charge in [0.1, 0.15) is 0 Å². The lowest BCUT2D eigenvalue weighted by Gasteiger charge is -2.34. The van der Waals surface area contributed by atoms with Crippen LogP contribution in [0.4, 0.5) is 0 Å². The van der Waals surface area contributed by atoms with Crippen molar-refractivity contribution >= 4 is 0 Å². The van der Waals surface area contributed by atoms with Gasteiger partial charge in [0.2, 0.25) is 0 Å². The first-order valence-corrected chi connectivity index (χ1v) is 8.23. The molecule has 3 heteroatoms. The molecule has 0 amide bonds. The summed E-state index contributed by atoms with van der Waals surface area (Å²) in [5.41, 5.74) is -0.0317. The molecule has 1 saturated carbocycles. The zero-order chi connectivity index (χ0) is 14.3. The average molecular weight is 270 g/mol. The van der Waals surface area contributed by atoms with Crippen molar-refractivity contribution in [2.45, 2.75) is 83.8 Å². The van der Waals surface area contributed by atoms with Gasteiger partial charge in [-0.25, -0.2) is 0 Å². The van der Waals surface area contributed by atoms with E-state index in [0.717, 1.165) is 25.9 Å². The molecule has 0 aromatic rings. The second kappa shape index (κ2) is 8.23.